The van der Waals surface area contributed by atoms with Gasteiger partial charge in [-0.2, -0.15) is 0 Å². The number of ether oxygens (including phenoxy) is 3. The molecule has 6 heteroatoms. The zero-order chi connectivity index (χ0) is 16.2. The summed E-state index contributed by atoms with van der Waals surface area (Å²) in [5.41, 5.74) is 0. The summed E-state index contributed by atoms with van der Waals surface area (Å²) >= 11 is 0. The van der Waals surface area contributed by atoms with Gasteiger partial charge < -0.3 is 24.8 Å². The minimum Gasteiger partial charge on any atom is -0.379 e. The maximum atomic E-state index is 5.66. The fourth-order valence-electron chi connectivity index (χ4n) is 2.91. The van der Waals surface area contributed by atoms with E-state index in [-0.39, 0.29) is 0 Å². The fourth-order valence-corrected chi connectivity index (χ4v) is 2.91. The largest absolute Gasteiger partial charge is 0.379 e. The van der Waals surface area contributed by atoms with Gasteiger partial charge in [0.25, 0.3) is 0 Å². The zero-order valence-electron chi connectivity index (χ0n) is 14.5. The van der Waals surface area contributed by atoms with Crippen LogP contribution >= 0.6 is 0 Å². The van der Waals surface area contributed by atoms with Crippen LogP contribution in [0.4, 0.5) is 0 Å². The first-order valence-electron chi connectivity index (χ1n) is 9.21. The van der Waals surface area contributed by atoms with Crippen LogP contribution in [0.15, 0.2) is 4.99 Å². The third-order valence-electron chi connectivity index (χ3n) is 4.17. The van der Waals surface area contributed by atoms with Crippen molar-refractivity contribution >= 4 is 5.96 Å². The maximum absolute atomic E-state index is 5.66. The molecule has 2 saturated heterocycles. The second-order valence-corrected chi connectivity index (χ2v) is 6.17. The first-order chi connectivity index (χ1) is 11.4. The highest BCUT2D eigenvalue weighted by Gasteiger charge is 2.15. The van der Waals surface area contributed by atoms with Gasteiger partial charge in [0.2, 0.25) is 0 Å². The molecule has 23 heavy (non-hydrogen) atoms. The number of hydrogen-bond acceptors (Lipinski definition) is 4. The van der Waals surface area contributed by atoms with Crippen molar-refractivity contribution in [2.24, 2.45) is 4.99 Å². The molecule has 2 aliphatic rings. The molecule has 0 aliphatic carbocycles. The highest BCUT2D eigenvalue weighted by molar-refractivity contribution is 5.79. The third kappa shape index (κ3) is 7.99. The zero-order valence-corrected chi connectivity index (χ0v) is 14.5. The van der Waals surface area contributed by atoms with Crippen LogP contribution in [-0.2, 0) is 14.2 Å². The van der Waals surface area contributed by atoms with E-state index in [9.17, 15) is 0 Å². The van der Waals surface area contributed by atoms with Crippen molar-refractivity contribution in [2.45, 2.75) is 57.7 Å². The molecule has 0 amide bonds. The Bertz CT molecular complexity index is 327. The number of nitrogens with zero attached hydrogens (tertiary/aromatic N) is 1. The summed E-state index contributed by atoms with van der Waals surface area (Å²) in [6.45, 7) is 7.94. The van der Waals surface area contributed by atoms with E-state index in [0.29, 0.717) is 12.2 Å². The molecule has 2 unspecified atom stereocenters. The smallest absolute Gasteiger partial charge is 0.191 e. The summed E-state index contributed by atoms with van der Waals surface area (Å²) in [4.78, 5) is 4.59. The minimum atomic E-state index is 0.315. The lowest BCUT2D eigenvalue weighted by atomic mass is 10.2. The van der Waals surface area contributed by atoms with Crippen molar-refractivity contribution in [1.82, 2.24) is 10.6 Å². The molecule has 0 aromatic heterocycles. The molecule has 6 nitrogen and oxygen atoms in total. The van der Waals surface area contributed by atoms with Gasteiger partial charge >= 0.3 is 0 Å². The Hall–Kier alpha value is -0.850. The van der Waals surface area contributed by atoms with Gasteiger partial charge in [0.1, 0.15) is 0 Å². The van der Waals surface area contributed by atoms with Gasteiger partial charge in [-0.25, -0.2) is 0 Å². The topological polar surface area (TPSA) is 64.1 Å². The van der Waals surface area contributed by atoms with Crippen LogP contribution in [0.25, 0.3) is 0 Å². The van der Waals surface area contributed by atoms with E-state index < -0.39 is 0 Å². The summed E-state index contributed by atoms with van der Waals surface area (Å²) < 4.78 is 16.8. The quantitative estimate of drug-likeness (QED) is 0.363. The molecule has 0 radical (unpaired) electrons. The average molecular weight is 327 g/mol. The van der Waals surface area contributed by atoms with Gasteiger partial charge in [-0.1, -0.05) is 0 Å². The van der Waals surface area contributed by atoms with Gasteiger partial charge in [-0.3, -0.25) is 4.99 Å². The summed E-state index contributed by atoms with van der Waals surface area (Å²) in [5.74, 6) is 0.893. The maximum Gasteiger partial charge on any atom is 0.191 e. The summed E-state index contributed by atoms with van der Waals surface area (Å²) in [7, 11) is 0. The Morgan fingerprint density at radius 2 is 1.91 bits per heavy atom. The van der Waals surface area contributed by atoms with Crippen LogP contribution in [0.1, 0.15) is 45.4 Å². The van der Waals surface area contributed by atoms with E-state index in [1.807, 2.05) is 0 Å². The van der Waals surface area contributed by atoms with Crippen molar-refractivity contribution in [1.29, 1.82) is 0 Å². The minimum absolute atomic E-state index is 0.315. The first kappa shape index (κ1) is 18.5. The predicted octanol–water partition coefficient (Wildman–Crippen LogP) is 1.70. The molecule has 2 heterocycles. The van der Waals surface area contributed by atoms with Crippen molar-refractivity contribution in [3.05, 3.63) is 0 Å². The molecular weight excluding hydrogens is 294 g/mol. The molecule has 2 rings (SSSR count). The SMILES string of the molecule is CCNC(=NCCCOCC1CCCO1)NCCC1CCCO1. The van der Waals surface area contributed by atoms with Gasteiger partial charge in [-0.05, 0) is 45.4 Å². The molecule has 0 bridgehead atoms. The van der Waals surface area contributed by atoms with E-state index in [4.69, 9.17) is 14.2 Å². The highest BCUT2D eigenvalue weighted by Crippen LogP contribution is 2.14. The molecule has 0 aromatic rings. The Morgan fingerprint density at radius 3 is 2.61 bits per heavy atom. The second-order valence-electron chi connectivity index (χ2n) is 6.17. The van der Waals surface area contributed by atoms with E-state index in [2.05, 4.69) is 22.5 Å². The number of aliphatic imine (C=N–C) groups is 1. The Morgan fingerprint density at radius 1 is 1.13 bits per heavy atom. The Labute approximate surface area is 140 Å². The molecule has 0 spiro atoms. The molecular formula is C17H33N3O3. The predicted molar refractivity (Wildman–Crippen MR) is 92.0 cm³/mol. The molecule has 0 aromatic carbocycles. The number of nitrogens with one attached hydrogen (secondary N) is 2. The van der Waals surface area contributed by atoms with Gasteiger partial charge in [-0.15, -0.1) is 0 Å². The number of hydrogen-bond donors (Lipinski definition) is 2. The molecule has 0 saturated carbocycles. The van der Waals surface area contributed by atoms with Crippen molar-refractivity contribution in [3.8, 4) is 0 Å². The van der Waals surface area contributed by atoms with E-state index in [1.54, 1.807) is 0 Å². The van der Waals surface area contributed by atoms with Gasteiger partial charge in [0.15, 0.2) is 5.96 Å². The van der Waals surface area contributed by atoms with Crippen LogP contribution in [0.5, 0.6) is 0 Å². The van der Waals surface area contributed by atoms with E-state index >= 15 is 0 Å². The van der Waals surface area contributed by atoms with Crippen molar-refractivity contribution in [2.75, 3.05) is 46.1 Å². The normalized spacial score (nSPS) is 25.0. The fraction of sp³-hybridized carbons (Fsp3) is 0.941. The van der Waals surface area contributed by atoms with Crippen LogP contribution in [0.2, 0.25) is 0 Å². The lowest BCUT2D eigenvalue weighted by molar-refractivity contribution is 0.0171. The summed E-state index contributed by atoms with van der Waals surface area (Å²) in [6.07, 6.45) is 7.43. The number of rotatable bonds is 10. The average Bonchev–Trinajstić information content (AvgIpc) is 3.24. The van der Waals surface area contributed by atoms with E-state index in [1.165, 1.54) is 19.3 Å². The van der Waals surface area contributed by atoms with E-state index in [0.717, 1.165) is 71.3 Å². The van der Waals surface area contributed by atoms with Crippen LogP contribution < -0.4 is 10.6 Å². The Kier molecular flexibility index (Phi) is 9.36. The second kappa shape index (κ2) is 11.6. The summed E-state index contributed by atoms with van der Waals surface area (Å²) in [5, 5.41) is 6.66. The third-order valence-corrected chi connectivity index (χ3v) is 4.17. The van der Waals surface area contributed by atoms with Crippen molar-refractivity contribution in [3.63, 3.8) is 0 Å². The molecule has 2 aliphatic heterocycles. The number of guanidine groups is 1. The first-order valence-corrected chi connectivity index (χ1v) is 9.21. The van der Waals surface area contributed by atoms with Crippen molar-refractivity contribution < 1.29 is 14.2 Å². The monoisotopic (exact) mass is 327 g/mol. The Balaban J connectivity index is 1.51. The van der Waals surface area contributed by atoms with Crippen LogP contribution in [0, 0.1) is 0 Å². The van der Waals surface area contributed by atoms with Gasteiger partial charge in [0, 0.05) is 39.5 Å². The molecule has 2 atom stereocenters. The van der Waals surface area contributed by atoms with Crippen LogP contribution in [-0.4, -0.2) is 64.2 Å². The molecule has 2 N–H and O–H groups in total. The summed E-state index contributed by atoms with van der Waals surface area (Å²) in [6, 6.07) is 0. The molecule has 2 fully saturated rings. The van der Waals surface area contributed by atoms with Gasteiger partial charge in [0.05, 0.1) is 18.8 Å². The van der Waals surface area contributed by atoms with Crippen LogP contribution in [0.3, 0.4) is 0 Å². The highest BCUT2D eigenvalue weighted by atomic mass is 16.5. The lowest BCUT2D eigenvalue weighted by Gasteiger charge is -2.14. The standard InChI is InChI=1S/C17H33N3O3/c1-2-18-17(20-10-8-15-6-3-12-22-15)19-9-5-11-21-14-16-7-4-13-23-16/h15-16H,2-14H2,1H3,(H2,18,19,20). The molecule has 134 valence electrons. The lowest BCUT2D eigenvalue weighted by Crippen LogP contribution is -2.38.